The smallest absolute Gasteiger partial charge is 0.0434 e. The molecule has 0 aliphatic heterocycles. The van der Waals surface area contributed by atoms with E-state index in [0.717, 1.165) is 0 Å². The van der Waals surface area contributed by atoms with E-state index < -0.39 is 0 Å². The second kappa shape index (κ2) is 10.6. The van der Waals surface area contributed by atoms with Crippen LogP contribution >= 0.6 is 11.3 Å². The number of benzene rings is 9. The molecule has 0 nitrogen and oxygen atoms in total. The molecule has 0 spiro atoms. The highest BCUT2D eigenvalue weighted by Gasteiger charge is 2.21. The van der Waals surface area contributed by atoms with Gasteiger partial charge >= 0.3 is 0 Å². The average Bonchev–Trinajstić information content (AvgIpc) is 3.54. The van der Waals surface area contributed by atoms with Gasteiger partial charge in [-0.1, -0.05) is 158 Å². The van der Waals surface area contributed by atoms with E-state index in [1.54, 1.807) is 0 Å². The maximum absolute atomic E-state index is 2.34. The van der Waals surface area contributed by atoms with Crippen LogP contribution in [0.1, 0.15) is 5.56 Å². The first-order chi connectivity index (χ1) is 23.8. The molecular weight excluding hydrogens is 597 g/mol. The average molecular weight is 627 g/mol. The van der Waals surface area contributed by atoms with Gasteiger partial charge in [0.05, 0.1) is 0 Å². The van der Waals surface area contributed by atoms with Crippen molar-refractivity contribution in [2.45, 2.75) is 6.92 Å². The molecule has 0 N–H and O–H groups in total. The molecule has 48 heavy (non-hydrogen) atoms. The number of aryl methyl sites for hydroxylation is 1. The van der Waals surface area contributed by atoms with Crippen molar-refractivity contribution in [1.82, 2.24) is 0 Å². The predicted octanol–water partition coefficient (Wildman–Crippen LogP) is 14.0. The first kappa shape index (κ1) is 27.4. The summed E-state index contributed by atoms with van der Waals surface area (Å²) in [7, 11) is 0. The van der Waals surface area contributed by atoms with Gasteiger partial charge < -0.3 is 0 Å². The van der Waals surface area contributed by atoms with Crippen LogP contribution in [-0.2, 0) is 0 Å². The van der Waals surface area contributed by atoms with Crippen LogP contribution in [0.2, 0.25) is 0 Å². The van der Waals surface area contributed by atoms with Crippen molar-refractivity contribution in [3.8, 4) is 33.4 Å². The Hall–Kier alpha value is -5.76. The summed E-state index contributed by atoms with van der Waals surface area (Å²) in [5.41, 5.74) is 9.12. The number of fused-ring (bicyclic) bond motifs is 7. The van der Waals surface area contributed by atoms with Gasteiger partial charge in [-0.05, 0) is 89.5 Å². The molecular formula is C47H30S. The molecule has 1 heteroatoms. The highest BCUT2D eigenvalue weighted by Crippen LogP contribution is 2.50. The minimum absolute atomic E-state index is 1.25. The van der Waals surface area contributed by atoms with Gasteiger partial charge in [-0.25, -0.2) is 0 Å². The monoisotopic (exact) mass is 626 g/mol. The summed E-state index contributed by atoms with van der Waals surface area (Å²) in [6, 6.07) is 60.5. The molecule has 1 heterocycles. The Morgan fingerprint density at radius 1 is 0.333 bits per heavy atom. The zero-order valence-corrected chi connectivity index (χ0v) is 27.3. The molecule has 9 aromatic carbocycles. The molecule has 224 valence electrons. The highest BCUT2D eigenvalue weighted by molar-refractivity contribution is 7.26. The summed E-state index contributed by atoms with van der Waals surface area (Å²) in [6.07, 6.45) is 0. The molecule has 0 bridgehead atoms. The van der Waals surface area contributed by atoms with Crippen molar-refractivity contribution in [3.05, 3.63) is 169 Å². The molecule has 10 aromatic rings. The van der Waals surface area contributed by atoms with Crippen LogP contribution in [0.4, 0.5) is 0 Å². The first-order valence-electron chi connectivity index (χ1n) is 16.6. The van der Waals surface area contributed by atoms with Gasteiger partial charge in [0.1, 0.15) is 0 Å². The Morgan fingerprint density at radius 2 is 0.750 bits per heavy atom. The molecule has 0 aliphatic rings. The molecule has 10 rings (SSSR count). The van der Waals surface area contributed by atoms with Crippen LogP contribution in [0.15, 0.2) is 164 Å². The molecule has 0 saturated carbocycles. The third-order valence-corrected chi connectivity index (χ3v) is 11.5. The topological polar surface area (TPSA) is 0 Å². The van der Waals surface area contributed by atoms with Crippen molar-refractivity contribution in [3.63, 3.8) is 0 Å². The summed E-state index contributed by atoms with van der Waals surface area (Å²) in [5.74, 6) is 0. The third kappa shape index (κ3) is 3.89. The fourth-order valence-corrected chi connectivity index (χ4v) is 9.47. The van der Waals surface area contributed by atoms with E-state index in [1.165, 1.54) is 102 Å². The Balaban J connectivity index is 1.33. The fraction of sp³-hybridized carbons (Fsp3) is 0.0213. The lowest BCUT2D eigenvalue weighted by Crippen LogP contribution is -1.91. The van der Waals surface area contributed by atoms with Crippen LogP contribution in [0.25, 0.3) is 96.6 Å². The van der Waals surface area contributed by atoms with Crippen LogP contribution in [0, 0.1) is 6.92 Å². The lowest BCUT2D eigenvalue weighted by molar-refractivity contribution is 1.58. The molecule has 0 atom stereocenters. The number of hydrogen-bond donors (Lipinski definition) is 0. The van der Waals surface area contributed by atoms with Crippen molar-refractivity contribution in [2.24, 2.45) is 0 Å². The largest absolute Gasteiger partial charge is 0.135 e. The lowest BCUT2D eigenvalue weighted by Gasteiger charge is -2.18. The number of thiophene rings is 1. The van der Waals surface area contributed by atoms with Crippen molar-refractivity contribution >= 4 is 74.6 Å². The second-order valence-corrected chi connectivity index (χ2v) is 13.8. The third-order valence-electron chi connectivity index (χ3n) is 10.3. The van der Waals surface area contributed by atoms with E-state index in [2.05, 4.69) is 171 Å². The van der Waals surface area contributed by atoms with Gasteiger partial charge in [0.25, 0.3) is 0 Å². The van der Waals surface area contributed by atoms with E-state index in [-0.39, 0.29) is 0 Å². The molecule has 0 amide bonds. The molecule has 0 fully saturated rings. The lowest BCUT2D eigenvalue weighted by atomic mass is 9.84. The minimum atomic E-state index is 1.25. The van der Waals surface area contributed by atoms with Crippen LogP contribution in [0.3, 0.4) is 0 Å². The van der Waals surface area contributed by atoms with E-state index in [4.69, 9.17) is 0 Å². The Kier molecular flexibility index (Phi) is 6.06. The van der Waals surface area contributed by atoms with E-state index in [9.17, 15) is 0 Å². The van der Waals surface area contributed by atoms with Crippen LogP contribution < -0.4 is 0 Å². The summed E-state index contributed by atoms with van der Waals surface area (Å²) < 4.78 is 2.66. The van der Waals surface area contributed by atoms with Crippen molar-refractivity contribution in [1.29, 1.82) is 0 Å². The Labute approximate surface area is 283 Å². The zero-order chi connectivity index (χ0) is 31.8. The summed E-state index contributed by atoms with van der Waals surface area (Å²) in [6.45, 7) is 2.26. The van der Waals surface area contributed by atoms with Gasteiger partial charge in [0.15, 0.2) is 0 Å². The molecule has 0 unspecified atom stereocenters. The van der Waals surface area contributed by atoms with Gasteiger partial charge in [-0.15, -0.1) is 11.3 Å². The Morgan fingerprint density at radius 3 is 1.33 bits per heavy atom. The number of hydrogen-bond acceptors (Lipinski definition) is 1. The summed E-state index contributed by atoms with van der Waals surface area (Å²) >= 11 is 1.92. The fourth-order valence-electron chi connectivity index (χ4n) is 8.22. The molecule has 0 saturated heterocycles. The zero-order valence-electron chi connectivity index (χ0n) is 26.5. The minimum Gasteiger partial charge on any atom is -0.135 e. The van der Waals surface area contributed by atoms with Gasteiger partial charge in [0.2, 0.25) is 0 Å². The number of rotatable bonds is 3. The maximum Gasteiger partial charge on any atom is 0.0434 e. The summed E-state index contributed by atoms with van der Waals surface area (Å²) in [5, 5.41) is 13.1. The van der Waals surface area contributed by atoms with Crippen molar-refractivity contribution in [2.75, 3.05) is 0 Å². The van der Waals surface area contributed by atoms with Crippen molar-refractivity contribution < 1.29 is 0 Å². The molecule has 1 aromatic heterocycles. The maximum atomic E-state index is 2.34. The Bertz CT molecular complexity index is 2780. The predicted molar refractivity (Wildman–Crippen MR) is 210 cm³/mol. The molecule has 0 radical (unpaired) electrons. The van der Waals surface area contributed by atoms with Gasteiger partial charge in [0, 0.05) is 25.7 Å². The van der Waals surface area contributed by atoms with E-state index >= 15 is 0 Å². The van der Waals surface area contributed by atoms with E-state index in [0.29, 0.717) is 0 Å². The normalized spacial score (nSPS) is 11.9. The molecule has 0 aliphatic carbocycles. The quantitative estimate of drug-likeness (QED) is 0.171. The summed E-state index contributed by atoms with van der Waals surface area (Å²) in [4.78, 5) is 0. The first-order valence-corrected chi connectivity index (χ1v) is 17.4. The van der Waals surface area contributed by atoms with Crippen LogP contribution in [-0.4, -0.2) is 0 Å². The van der Waals surface area contributed by atoms with Gasteiger partial charge in [-0.2, -0.15) is 0 Å². The van der Waals surface area contributed by atoms with Gasteiger partial charge in [-0.3, -0.25) is 0 Å². The second-order valence-electron chi connectivity index (χ2n) is 12.8. The van der Waals surface area contributed by atoms with E-state index in [1.807, 2.05) is 11.3 Å². The van der Waals surface area contributed by atoms with Crippen LogP contribution in [0.5, 0.6) is 0 Å². The standard InChI is InChI=1S/C47H30S/c1-29-31-17-5-7-19-33(31)45(34-20-8-6-18-32(29)34)40-26-13-27-41-46-39(25-14-28-42(46)48-47(40)41)44-37-23-11-9-21-35(37)43(30-15-3-2-4-16-30)36-22-10-12-24-38(36)44/h2-28H,1H3. The highest BCUT2D eigenvalue weighted by atomic mass is 32.1. The SMILES string of the molecule is Cc1c2ccccc2c(-c2cccc3c2sc2cccc(-c4c5ccccc5c(-c5ccccc5)c5ccccc45)c23)c2ccccc12.